The number of nitrogens with one attached hydrogen (secondary N) is 1. The average Bonchev–Trinajstić information content (AvgIpc) is 2.65. The Morgan fingerprint density at radius 3 is 3.20 bits per heavy atom. The molecule has 4 nitrogen and oxygen atoms in total. The summed E-state index contributed by atoms with van der Waals surface area (Å²) in [6.07, 6.45) is 7.31. The number of hydrogen-bond acceptors (Lipinski definition) is 3. The highest BCUT2D eigenvalue weighted by Crippen LogP contribution is 2.17. The van der Waals surface area contributed by atoms with Crippen molar-refractivity contribution in [3.63, 3.8) is 0 Å². The summed E-state index contributed by atoms with van der Waals surface area (Å²) in [4.78, 5) is 8.57. The highest BCUT2D eigenvalue weighted by Gasteiger charge is 2.07. The minimum absolute atomic E-state index is 0.160. The molecule has 0 aliphatic carbocycles. The van der Waals surface area contributed by atoms with Gasteiger partial charge in [-0.3, -0.25) is 0 Å². The quantitative estimate of drug-likeness (QED) is 0.869. The van der Waals surface area contributed by atoms with Crippen molar-refractivity contribution in [1.82, 2.24) is 14.4 Å². The zero-order valence-electron chi connectivity index (χ0n) is 8.31. The van der Waals surface area contributed by atoms with Gasteiger partial charge in [-0.1, -0.05) is 6.08 Å². The third-order valence-corrected chi connectivity index (χ3v) is 2.44. The normalized spacial score (nSPS) is 12.7. The Labute approximate surface area is 96.2 Å². The average molecular weight is 267 g/mol. The second kappa shape index (κ2) is 4.02. The summed E-state index contributed by atoms with van der Waals surface area (Å²) in [5.74, 6) is 0.752. The van der Waals surface area contributed by atoms with Crippen molar-refractivity contribution in [3.8, 4) is 0 Å². The topological polar surface area (TPSA) is 42.2 Å². The third kappa shape index (κ3) is 2.02. The van der Waals surface area contributed by atoms with Crippen LogP contribution in [0.15, 0.2) is 35.8 Å². The van der Waals surface area contributed by atoms with E-state index in [1.165, 1.54) is 0 Å². The summed E-state index contributed by atoms with van der Waals surface area (Å²) in [5.41, 5.74) is 0.812. The monoisotopic (exact) mass is 266 g/mol. The van der Waals surface area contributed by atoms with Crippen LogP contribution in [0.25, 0.3) is 5.65 Å². The maximum absolute atomic E-state index is 4.34. The Morgan fingerprint density at radius 1 is 1.67 bits per heavy atom. The van der Waals surface area contributed by atoms with Crippen molar-refractivity contribution in [2.24, 2.45) is 0 Å². The van der Waals surface area contributed by atoms with Gasteiger partial charge in [-0.25, -0.2) is 9.97 Å². The Balaban J connectivity index is 2.48. The van der Waals surface area contributed by atoms with Crippen LogP contribution in [-0.4, -0.2) is 20.4 Å². The molecular formula is C10H11BrN4. The number of anilines is 1. The highest BCUT2D eigenvalue weighted by atomic mass is 79.9. The summed E-state index contributed by atoms with van der Waals surface area (Å²) in [7, 11) is 0. The van der Waals surface area contributed by atoms with Crippen molar-refractivity contribution < 1.29 is 0 Å². The number of aromatic nitrogens is 3. The van der Waals surface area contributed by atoms with Gasteiger partial charge in [0.2, 0.25) is 0 Å². The van der Waals surface area contributed by atoms with Crippen LogP contribution in [0.5, 0.6) is 0 Å². The Bertz CT molecular complexity index is 491. The van der Waals surface area contributed by atoms with Crippen LogP contribution in [0.1, 0.15) is 6.92 Å². The van der Waals surface area contributed by atoms with E-state index in [-0.39, 0.29) is 6.04 Å². The molecule has 0 aromatic carbocycles. The first-order chi connectivity index (χ1) is 7.20. The number of halogens is 1. The molecule has 2 heterocycles. The fraction of sp³-hybridized carbons (Fsp3) is 0.200. The van der Waals surface area contributed by atoms with Gasteiger partial charge in [0, 0.05) is 24.6 Å². The minimum atomic E-state index is 0.160. The standard InChI is InChI=1S/C10H11BrN4/c1-3-7(2)13-9-10-12-4-5-15(10)6-8(11)14-9/h3-7H,1H2,2H3,(H,13,14). The molecule has 1 unspecified atom stereocenters. The van der Waals surface area contributed by atoms with E-state index in [9.17, 15) is 0 Å². The Kier molecular flexibility index (Phi) is 2.73. The summed E-state index contributed by atoms with van der Waals surface area (Å²) in [5, 5.41) is 3.22. The first-order valence-electron chi connectivity index (χ1n) is 4.59. The van der Waals surface area contributed by atoms with E-state index >= 15 is 0 Å². The highest BCUT2D eigenvalue weighted by molar-refractivity contribution is 9.10. The van der Waals surface area contributed by atoms with Crippen LogP contribution < -0.4 is 5.32 Å². The predicted octanol–water partition coefficient (Wildman–Crippen LogP) is 2.48. The van der Waals surface area contributed by atoms with E-state index in [0.29, 0.717) is 0 Å². The molecule has 2 aromatic rings. The van der Waals surface area contributed by atoms with Crippen LogP contribution in [-0.2, 0) is 0 Å². The molecule has 0 aliphatic heterocycles. The van der Waals surface area contributed by atoms with Gasteiger partial charge in [-0.2, -0.15) is 0 Å². The van der Waals surface area contributed by atoms with Gasteiger partial charge in [-0.15, -0.1) is 6.58 Å². The number of imidazole rings is 1. The number of rotatable bonds is 3. The van der Waals surface area contributed by atoms with Gasteiger partial charge >= 0.3 is 0 Å². The van der Waals surface area contributed by atoms with Gasteiger partial charge in [0.25, 0.3) is 0 Å². The van der Waals surface area contributed by atoms with Gasteiger partial charge in [0.1, 0.15) is 4.60 Å². The molecule has 0 fully saturated rings. The molecule has 15 heavy (non-hydrogen) atoms. The summed E-state index contributed by atoms with van der Waals surface area (Å²) < 4.78 is 2.68. The smallest absolute Gasteiger partial charge is 0.180 e. The van der Waals surface area contributed by atoms with Crippen molar-refractivity contribution in [3.05, 3.63) is 35.8 Å². The largest absolute Gasteiger partial charge is 0.361 e. The molecule has 1 atom stereocenters. The van der Waals surface area contributed by atoms with Crippen LogP contribution in [0.3, 0.4) is 0 Å². The molecule has 1 N–H and O–H groups in total. The molecule has 5 heteroatoms. The SMILES string of the molecule is C=CC(C)Nc1nc(Br)cn2ccnc12. The molecule has 0 spiro atoms. The summed E-state index contributed by atoms with van der Waals surface area (Å²) in [6, 6.07) is 0.160. The molecule has 0 saturated carbocycles. The summed E-state index contributed by atoms with van der Waals surface area (Å²) in [6.45, 7) is 5.73. The first kappa shape index (κ1) is 10.2. The van der Waals surface area contributed by atoms with E-state index in [0.717, 1.165) is 16.1 Å². The van der Waals surface area contributed by atoms with Crippen molar-refractivity contribution in [1.29, 1.82) is 0 Å². The van der Waals surface area contributed by atoms with Gasteiger partial charge in [0.15, 0.2) is 11.5 Å². The maximum Gasteiger partial charge on any atom is 0.180 e. The minimum Gasteiger partial charge on any atom is -0.361 e. The van der Waals surface area contributed by atoms with Crippen LogP contribution in [0.2, 0.25) is 0 Å². The first-order valence-corrected chi connectivity index (χ1v) is 5.38. The zero-order valence-corrected chi connectivity index (χ0v) is 9.90. The molecule has 0 saturated heterocycles. The lowest BCUT2D eigenvalue weighted by Crippen LogP contribution is -2.13. The van der Waals surface area contributed by atoms with Crippen molar-refractivity contribution >= 4 is 27.4 Å². The molecule has 0 amide bonds. The fourth-order valence-corrected chi connectivity index (χ4v) is 1.67. The molecule has 0 bridgehead atoms. The predicted molar refractivity (Wildman–Crippen MR) is 64.0 cm³/mol. The van der Waals surface area contributed by atoms with E-state index < -0.39 is 0 Å². The van der Waals surface area contributed by atoms with Crippen LogP contribution >= 0.6 is 15.9 Å². The van der Waals surface area contributed by atoms with Crippen molar-refractivity contribution in [2.45, 2.75) is 13.0 Å². The fourth-order valence-electron chi connectivity index (χ4n) is 1.27. The van der Waals surface area contributed by atoms with Crippen molar-refractivity contribution in [2.75, 3.05) is 5.32 Å². The third-order valence-electron chi connectivity index (χ3n) is 2.06. The molecule has 78 valence electrons. The number of nitrogens with zero attached hydrogens (tertiary/aromatic N) is 3. The van der Waals surface area contributed by atoms with Gasteiger partial charge < -0.3 is 9.72 Å². The lowest BCUT2D eigenvalue weighted by atomic mass is 10.3. The Hall–Kier alpha value is -1.36. The van der Waals surface area contributed by atoms with Gasteiger partial charge in [-0.05, 0) is 22.9 Å². The number of fused-ring (bicyclic) bond motifs is 1. The Morgan fingerprint density at radius 2 is 2.47 bits per heavy atom. The lowest BCUT2D eigenvalue weighted by Gasteiger charge is -2.10. The molecule has 0 aliphatic rings. The molecule has 2 rings (SSSR count). The zero-order chi connectivity index (χ0) is 10.8. The second-order valence-corrected chi connectivity index (χ2v) is 4.05. The summed E-state index contributed by atoms with van der Waals surface area (Å²) >= 11 is 3.35. The van der Waals surface area contributed by atoms with Gasteiger partial charge in [0.05, 0.1) is 0 Å². The van der Waals surface area contributed by atoms with Crippen LogP contribution in [0.4, 0.5) is 5.82 Å². The number of hydrogen-bond donors (Lipinski definition) is 1. The van der Waals surface area contributed by atoms with E-state index in [2.05, 4.69) is 37.8 Å². The van der Waals surface area contributed by atoms with E-state index in [1.807, 2.05) is 29.8 Å². The van der Waals surface area contributed by atoms with E-state index in [4.69, 9.17) is 0 Å². The lowest BCUT2D eigenvalue weighted by molar-refractivity contribution is 0.970. The molecule has 0 radical (unpaired) electrons. The maximum atomic E-state index is 4.34. The molecular weight excluding hydrogens is 256 g/mol. The van der Waals surface area contributed by atoms with Crippen LogP contribution in [0, 0.1) is 0 Å². The second-order valence-electron chi connectivity index (χ2n) is 3.24. The van der Waals surface area contributed by atoms with E-state index in [1.54, 1.807) is 6.20 Å². The molecule has 2 aromatic heterocycles.